The molecule has 0 aliphatic rings. The molecule has 128 valence electrons. The molecule has 0 bridgehead atoms. The van der Waals surface area contributed by atoms with Crippen molar-refractivity contribution in [2.45, 2.75) is 0 Å². The molecule has 0 saturated carbocycles. The van der Waals surface area contributed by atoms with Crippen molar-refractivity contribution in [2.24, 2.45) is 7.05 Å². The molecule has 0 fully saturated rings. The van der Waals surface area contributed by atoms with Crippen molar-refractivity contribution in [3.63, 3.8) is 0 Å². The minimum absolute atomic E-state index is 0.620. The van der Waals surface area contributed by atoms with Crippen molar-refractivity contribution in [1.29, 1.82) is 0 Å². The van der Waals surface area contributed by atoms with Crippen LogP contribution in [0.15, 0.2) is 78.9 Å². The van der Waals surface area contributed by atoms with E-state index in [1.54, 1.807) is 7.05 Å². The van der Waals surface area contributed by atoms with Gasteiger partial charge in [0.25, 0.3) is 0 Å². The fraction of sp³-hybridized carbons (Fsp3) is 0.0952. The van der Waals surface area contributed by atoms with Crippen LogP contribution in [-0.2, 0) is 7.05 Å². The maximum atomic E-state index is 4.35. The minimum atomic E-state index is 0.620. The van der Waals surface area contributed by atoms with Crippen LogP contribution in [0, 0.1) is 0 Å². The molecule has 0 unspecified atom stereocenters. The van der Waals surface area contributed by atoms with Crippen LogP contribution in [0.5, 0.6) is 0 Å². The molecule has 0 saturated heterocycles. The Balaban J connectivity index is 1.74. The molecule has 1 aromatic heterocycles. The van der Waals surface area contributed by atoms with Gasteiger partial charge in [-0.25, -0.2) is 0 Å². The van der Waals surface area contributed by atoms with E-state index in [-0.39, 0.29) is 0 Å². The minimum Gasteiger partial charge on any atom is -0.344 e. The summed E-state index contributed by atoms with van der Waals surface area (Å²) in [6.07, 6.45) is 0. The summed E-state index contributed by atoms with van der Waals surface area (Å²) in [4.78, 5) is 3.63. The molecule has 4 rings (SSSR count). The number of tetrazole rings is 1. The number of hydrogen-bond donors (Lipinski definition) is 0. The number of anilines is 2. The Morgan fingerprint density at radius 2 is 1.54 bits per heavy atom. The van der Waals surface area contributed by atoms with Crippen molar-refractivity contribution >= 4 is 11.4 Å². The molecule has 0 N–H and O–H groups in total. The molecule has 0 aliphatic carbocycles. The van der Waals surface area contributed by atoms with Gasteiger partial charge in [-0.3, -0.25) is 0 Å². The number of benzene rings is 3. The highest BCUT2D eigenvalue weighted by Crippen LogP contribution is 2.33. The second-order valence-corrected chi connectivity index (χ2v) is 6.10. The second kappa shape index (κ2) is 6.80. The monoisotopic (exact) mass is 341 g/mol. The standard InChI is InChI=1S/C21H19N5/c1-25(18-12-8-11-17(15-18)16-9-4-3-5-10-16)20-14-7-6-13-19(20)21-22-24-26(2)23-21/h3-15H,1-2H3. The summed E-state index contributed by atoms with van der Waals surface area (Å²) in [6, 6.07) is 27.0. The van der Waals surface area contributed by atoms with Crippen molar-refractivity contribution in [3.8, 4) is 22.5 Å². The van der Waals surface area contributed by atoms with Gasteiger partial charge >= 0.3 is 0 Å². The molecule has 4 aromatic rings. The number of nitrogens with zero attached hydrogens (tertiary/aromatic N) is 5. The molecule has 0 amide bonds. The van der Waals surface area contributed by atoms with E-state index < -0.39 is 0 Å². The molecule has 0 spiro atoms. The van der Waals surface area contributed by atoms with E-state index in [9.17, 15) is 0 Å². The van der Waals surface area contributed by atoms with Crippen molar-refractivity contribution in [3.05, 3.63) is 78.9 Å². The predicted molar refractivity (Wildman–Crippen MR) is 104 cm³/mol. The van der Waals surface area contributed by atoms with Gasteiger partial charge in [-0.2, -0.15) is 4.80 Å². The third-order valence-corrected chi connectivity index (χ3v) is 4.36. The zero-order valence-electron chi connectivity index (χ0n) is 14.7. The van der Waals surface area contributed by atoms with Gasteiger partial charge in [-0.05, 0) is 40.6 Å². The Hall–Kier alpha value is -3.47. The number of hydrogen-bond acceptors (Lipinski definition) is 4. The first-order chi connectivity index (χ1) is 12.7. The first kappa shape index (κ1) is 16.0. The van der Waals surface area contributed by atoms with E-state index in [4.69, 9.17) is 0 Å². The Labute approximate surface area is 152 Å². The first-order valence-corrected chi connectivity index (χ1v) is 8.45. The van der Waals surface area contributed by atoms with E-state index >= 15 is 0 Å². The lowest BCUT2D eigenvalue weighted by molar-refractivity contribution is 0.630. The Morgan fingerprint density at radius 1 is 0.808 bits per heavy atom. The average molecular weight is 341 g/mol. The van der Waals surface area contributed by atoms with E-state index in [0.717, 1.165) is 16.9 Å². The van der Waals surface area contributed by atoms with E-state index in [0.29, 0.717) is 5.82 Å². The summed E-state index contributed by atoms with van der Waals surface area (Å²) >= 11 is 0. The van der Waals surface area contributed by atoms with E-state index in [1.165, 1.54) is 15.9 Å². The van der Waals surface area contributed by atoms with Crippen LogP contribution in [0.3, 0.4) is 0 Å². The highest BCUT2D eigenvalue weighted by Gasteiger charge is 2.14. The van der Waals surface area contributed by atoms with E-state index in [1.807, 2.05) is 24.3 Å². The molecule has 0 atom stereocenters. The fourth-order valence-electron chi connectivity index (χ4n) is 3.01. The van der Waals surface area contributed by atoms with Crippen molar-refractivity contribution in [2.75, 3.05) is 11.9 Å². The third kappa shape index (κ3) is 3.07. The number of para-hydroxylation sites is 1. The SMILES string of the molecule is CN(c1cccc(-c2ccccc2)c1)c1ccccc1-c1nnn(C)n1. The van der Waals surface area contributed by atoms with Crippen LogP contribution in [-0.4, -0.2) is 27.3 Å². The summed E-state index contributed by atoms with van der Waals surface area (Å²) < 4.78 is 0. The van der Waals surface area contributed by atoms with Gasteiger partial charge in [-0.1, -0.05) is 54.6 Å². The third-order valence-electron chi connectivity index (χ3n) is 4.36. The molecule has 1 heterocycles. The number of rotatable bonds is 4. The van der Waals surface area contributed by atoms with Gasteiger partial charge in [0.1, 0.15) is 0 Å². The molecule has 26 heavy (non-hydrogen) atoms. The van der Waals surface area contributed by atoms with Gasteiger partial charge in [0, 0.05) is 18.3 Å². The topological polar surface area (TPSA) is 46.8 Å². The highest BCUT2D eigenvalue weighted by molar-refractivity contribution is 5.80. The maximum Gasteiger partial charge on any atom is 0.207 e. The van der Waals surface area contributed by atoms with Crippen molar-refractivity contribution < 1.29 is 0 Å². The maximum absolute atomic E-state index is 4.35. The Kier molecular flexibility index (Phi) is 4.19. The predicted octanol–water partition coefficient (Wildman–Crippen LogP) is 4.31. The lowest BCUT2D eigenvalue weighted by Gasteiger charge is -2.22. The van der Waals surface area contributed by atoms with Crippen LogP contribution in [0.25, 0.3) is 22.5 Å². The summed E-state index contributed by atoms with van der Waals surface area (Å²) in [5.41, 5.74) is 5.47. The molecular weight excluding hydrogens is 322 g/mol. The normalized spacial score (nSPS) is 10.7. The van der Waals surface area contributed by atoms with Crippen LogP contribution < -0.4 is 4.90 Å². The van der Waals surface area contributed by atoms with Gasteiger partial charge in [0.05, 0.1) is 12.7 Å². The summed E-state index contributed by atoms with van der Waals surface area (Å²) in [6.45, 7) is 0. The van der Waals surface area contributed by atoms with Crippen molar-refractivity contribution in [1.82, 2.24) is 20.2 Å². The van der Waals surface area contributed by atoms with Gasteiger partial charge in [-0.15, -0.1) is 10.2 Å². The van der Waals surface area contributed by atoms with Crippen LogP contribution in [0.4, 0.5) is 11.4 Å². The van der Waals surface area contributed by atoms with Crippen LogP contribution in [0.1, 0.15) is 0 Å². The first-order valence-electron chi connectivity index (χ1n) is 8.45. The molecule has 0 aliphatic heterocycles. The molecule has 0 radical (unpaired) electrons. The molecule has 5 nitrogen and oxygen atoms in total. The van der Waals surface area contributed by atoms with Crippen LogP contribution >= 0.6 is 0 Å². The second-order valence-electron chi connectivity index (χ2n) is 6.10. The highest BCUT2D eigenvalue weighted by atomic mass is 15.6. The quantitative estimate of drug-likeness (QED) is 0.555. The average Bonchev–Trinajstić information content (AvgIpc) is 3.14. The largest absolute Gasteiger partial charge is 0.344 e. The zero-order valence-corrected chi connectivity index (χ0v) is 14.7. The summed E-state index contributed by atoms with van der Waals surface area (Å²) in [7, 11) is 3.82. The number of aromatic nitrogens is 4. The van der Waals surface area contributed by atoms with E-state index in [2.05, 4.69) is 82.0 Å². The smallest absolute Gasteiger partial charge is 0.207 e. The lowest BCUT2D eigenvalue weighted by atomic mass is 10.0. The zero-order chi connectivity index (χ0) is 17.9. The molecular formula is C21H19N5. The van der Waals surface area contributed by atoms with Gasteiger partial charge in [0.15, 0.2) is 0 Å². The van der Waals surface area contributed by atoms with Crippen LogP contribution in [0.2, 0.25) is 0 Å². The molecule has 3 aromatic carbocycles. The Morgan fingerprint density at radius 3 is 2.31 bits per heavy atom. The lowest BCUT2D eigenvalue weighted by Crippen LogP contribution is -2.11. The number of aryl methyl sites for hydroxylation is 1. The fourth-order valence-corrected chi connectivity index (χ4v) is 3.01. The molecule has 5 heteroatoms. The van der Waals surface area contributed by atoms with Gasteiger partial charge in [0.2, 0.25) is 5.82 Å². The van der Waals surface area contributed by atoms with Gasteiger partial charge < -0.3 is 4.90 Å². The Bertz CT molecular complexity index is 1020. The summed E-state index contributed by atoms with van der Waals surface area (Å²) in [5.74, 6) is 0.620. The summed E-state index contributed by atoms with van der Waals surface area (Å²) in [5, 5.41) is 12.5.